The molecule has 1 amide bonds. The molecule has 0 saturated carbocycles. The molecule has 16 nitrogen and oxygen atoms in total. The lowest BCUT2D eigenvalue weighted by molar-refractivity contribution is -0.162. The second kappa shape index (κ2) is 18.7. The highest BCUT2D eigenvalue weighted by molar-refractivity contribution is 7.99. The van der Waals surface area contributed by atoms with Crippen LogP contribution in [0, 0.1) is 25.2 Å². The van der Waals surface area contributed by atoms with Gasteiger partial charge in [-0.05, 0) is 80.3 Å². The van der Waals surface area contributed by atoms with Gasteiger partial charge in [0.05, 0.1) is 48.7 Å². The topological polar surface area (TPSA) is 171 Å². The van der Waals surface area contributed by atoms with Gasteiger partial charge in [0, 0.05) is 65.1 Å². The lowest BCUT2D eigenvalue weighted by Gasteiger charge is -2.62. The molecule has 7 atom stereocenters. The Morgan fingerprint density at radius 3 is 2.48 bits per heavy atom. The summed E-state index contributed by atoms with van der Waals surface area (Å²) in [5, 5.41) is 11.5. The van der Waals surface area contributed by atoms with E-state index in [2.05, 4.69) is 40.1 Å². The highest BCUT2D eigenvalue weighted by atomic mass is 32.2. The number of carbonyl (C=O) groups excluding carboxylic acids is 3. The molecule has 7 aliphatic rings. The third-order valence-electron chi connectivity index (χ3n) is 15.4. The van der Waals surface area contributed by atoms with Crippen molar-refractivity contribution in [2.45, 2.75) is 74.6 Å². The Hall–Kier alpha value is -7.26. The monoisotopic (exact) mass is 1010 g/mol. The zero-order valence-electron chi connectivity index (χ0n) is 41.5. The first-order valence-corrected chi connectivity index (χ1v) is 25.3. The quantitative estimate of drug-likeness (QED) is 0.0753. The van der Waals surface area contributed by atoms with Gasteiger partial charge in [0.25, 0.3) is 5.91 Å². The summed E-state index contributed by atoms with van der Waals surface area (Å²) < 4.78 is 50.6. The van der Waals surface area contributed by atoms with Gasteiger partial charge in [0.15, 0.2) is 40.0 Å². The Morgan fingerprint density at radius 2 is 1.73 bits per heavy atom. The molecule has 0 N–H and O–H groups in total. The smallest absolute Gasteiger partial charge is 0.337 e. The third-order valence-corrected chi connectivity index (χ3v) is 16.9. The molecule has 2 fully saturated rings. The normalized spacial score (nSPS) is 24.5. The van der Waals surface area contributed by atoms with Crippen molar-refractivity contribution in [3.05, 3.63) is 130 Å². The number of methoxy groups -OCH3 is 2. The Kier molecular flexibility index (Phi) is 12.3. The van der Waals surface area contributed by atoms with E-state index in [1.54, 1.807) is 42.5 Å². The van der Waals surface area contributed by atoms with Crippen LogP contribution in [0.4, 0.5) is 0 Å². The van der Waals surface area contributed by atoms with Crippen LogP contribution in [-0.4, -0.2) is 116 Å². The summed E-state index contributed by atoms with van der Waals surface area (Å²) >= 11 is 1.43. The predicted molar refractivity (Wildman–Crippen MR) is 271 cm³/mol. The number of aryl methyl sites for hydroxylation is 1. The van der Waals surface area contributed by atoms with Crippen LogP contribution in [-0.2, 0) is 32.7 Å². The Balaban J connectivity index is 1.20. The van der Waals surface area contributed by atoms with Crippen LogP contribution in [0.2, 0.25) is 0 Å². The predicted octanol–water partition coefficient (Wildman–Crippen LogP) is 7.81. The fourth-order valence-electron chi connectivity index (χ4n) is 12.5. The SMILES string of the molecule is C=CCOc1cc2c(cc1OC)[C@@]1(CS[C@@H]3c4c(OC(C)=O)c(C)c5c(c4[C@@H](COC1=O)N1[C@@H]3[C@H]3c4c(cc(C)c(OC)c4OCC=C)C[C@@H]([C@@H]1C#N)N3C)OCO5)N(C(=O)c1ccnc3ccccc13)CC2. The second-order valence-electron chi connectivity index (χ2n) is 19.1. The molecular weight excluding hydrogens is 951 g/mol. The summed E-state index contributed by atoms with van der Waals surface area (Å²) in [6.45, 7) is 13.1. The summed E-state index contributed by atoms with van der Waals surface area (Å²) in [6, 6.07) is 14.5. The fourth-order valence-corrected chi connectivity index (χ4v) is 14.2. The number of hydrogen-bond acceptors (Lipinski definition) is 16. The van der Waals surface area contributed by atoms with Gasteiger partial charge in [-0.2, -0.15) is 5.26 Å². The van der Waals surface area contributed by atoms with Crippen molar-refractivity contribution in [1.29, 1.82) is 5.26 Å². The van der Waals surface area contributed by atoms with Crippen molar-refractivity contribution in [2.75, 3.05) is 60.2 Å². The number of hydrogen-bond donors (Lipinski definition) is 0. The summed E-state index contributed by atoms with van der Waals surface area (Å²) in [5.74, 6) is 1.38. The number of rotatable bonds is 10. The van der Waals surface area contributed by atoms with Crippen LogP contribution >= 0.6 is 11.8 Å². The second-order valence-corrected chi connectivity index (χ2v) is 20.2. The molecule has 4 bridgehead atoms. The van der Waals surface area contributed by atoms with Crippen LogP contribution in [0.5, 0.6) is 40.2 Å². The Morgan fingerprint density at radius 1 is 0.945 bits per heavy atom. The van der Waals surface area contributed by atoms with E-state index >= 15 is 9.59 Å². The molecule has 17 heteroatoms. The number of nitriles is 1. The van der Waals surface area contributed by atoms with E-state index in [-0.39, 0.29) is 45.0 Å². The molecule has 2 saturated heterocycles. The first kappa shape index (κ1) is 48.0. The van der Waals surface area contributed by atoms with Crippen LogP contribution in [0.1, 0.15) is 79.1 Å². The number of ether oxygens (including phenoxy) is 8. The lowest BCUT2D eigenvalue weighted by atomic mass is 9.71. The number of esters is 2. The summed E-state index contributed by atoms with van der Waals surface area (Å²) in [7, 11) is 5.19. The van der Waals surface area contributed by atoms with Crippen LogP contribution in [0.3, 0.4) is 0 Å². The molecule has 4 aromatic carbocycles. The van der Waals surface area contributed by atoms with Crippen LogP contribution in [0.15, 0.2) is 80.0 Å². The number of nitrogens with zero attached hydrogens (tertiary/aromatic N) is 5. The van der Waals surface area contributed by atoms with E-state index in [9.17, 15) is 10.1 Å². The largest absolute Gasteiger partial charge is 0.493 e. The first-order chi connectivity index (χ1) is 35.4. The number of aromatic nitrogens is 1. The molecular formula is C56H55N5O11S. The third kappa shape index (κ3) is 7.23. The number of pyridine rings is 1. The molecule has 0 aliphatic carbocycles. The average Bonchev–Trinajstić information content (AvgIpc) is 3.89. The van der Waals surface area contributed by atoms with Gasteiger partial charge in [-0.1, -0.05) is 49.6 Å². The van der Waals surface area contributed by atoms with Gasteiger partial charge in [0.1, 0.15) is 31.6 Å². The maximum Gasteiger partial charge on any atom is 0.337 e. The van der Waals surface area contributed by atoms with E-state index < -0.39 is 52.8 Å². The number of amides is 1. The number of carbonyl (C=O) groups is 3. The fraction of sp³-hybridized carbons (Fsp3) is 0.375. The minimum Gasteiger partial charge on any atom is -0.493 e. The lowest BCUT2D eigenvalue weighted by Crippen LogP contribution is -2.69. The van der Waals surface area contributed by atoms with Gasteiger partial charge >= 0.3 is 11.9 Å². The van der Waals surface area contributed by atoms with Gasteiger partial charge in [0.2, 0.25) is 6.79 Å². The van der Waals surface area contributed by atoms with Crippen molar-refractivity contribution in [3.8, 4) is 46.3 Å². The number of likely N-dealkylation sites (N-methyl/N-ethyl adjacent to an activating group) is 1. The van der Waals surface area contributed by atoms with Gasteiger partial charge in [-0.25, -0.2) is 4.79 Å². The van der Waals surface area contributed by atoms with Crippen molar-refractivity contribution < 1.29 is 52.3 Å². The minimum atomic E-state index is -1.81. The molecule has 7 aliphatic heterocycles. The molecule has 0 radical (unpaired) electrons. The highest BCUT2D eigenvalue weighted by Crippen LogP contribution is 2.65. The Labute approximate surface area is 427 Å². The van der Waals surface area contributed by atoms with Crippen LogP contribution in [0.25, 0.3) is 10.9 Å². The molecule has 5 aromatic rings. The number of thioether (sulfide) groups is 1. The standard InChI is InChI=1S/C56H55N5O11S/c1-9-19-67-42-23-32-16-18-60(54(63)35-15-17-58-37-14-12-11-13-34(35)37)56(36(32)24-41(42)65-7)27-73-53-45-44(52-50(70-28-71-52)30(4)49(45)72-31(5)62)40(26-69-55(56)64)61-39(25-57)38-22-33-21-29(3)48(66-8)51(68-20-10-2)43(33)46(47(53)61)59(38)6/h9-15,17,21,23-24,38-40,46-47,53H,1-2,16,18-20,22,26-28H2,3-8H3/t38-,39-,40+,46+,47+,53+,56+/m0/s1. The Bertz CT molecular complexity index is 3210. The van der Waals surface area contributed by atoms with Crippen molar-refractivity contribution in [2.24, 2.45) is 0 Å². The number of benzene rings is 4. The first-order valence-electron chi connectivity index (χ1n) is 24.3. The van der Waals surface area contributed by atoms with E-state index in [1.165, 1.54) is 25.8 Å². The average molecular weight is 1010 g/mol. The van der Waals surface area contributed by atoms with E-state index in [0.29, 0.717) is 91.8 Å². The summed E-state index contributed by atoms with van der Waals surface area (Å²) in [4.78, 5) is 56.0. The van der Waals surface area contributed by atoms with E-state index in [1.807, 2.05) is 51.2 Å². The molecule has 73 heavy (non-hydrogen) atoms. The number of para-hydroxylation sites is 1. The zero-order chi connectivity index (χ0) is 51.0. The van der Waals surface area contributed by atoms with Gasteiger partial charge in [-0.3, -0.25) is 24.4 Å². The van der Waals surface area contributed by atoms with Crippen molar-refractivity contribution >= 4 is 40.5 Å². The summed E-state index contributed by atoms with van der Waals surface area (Å²) in [5.41, 5.74) is 5.05. The van der Waals surface area contributed by atoms with Gasteiger partial charge in [-0.15, -0.1) is 11.8 Å². The van der Waals surface area contributed by atoms with E-state index in [4.69, 9.17) is 37.9 Å². The number of piperazine rings is 1. The zero-order valence-corrected chi connectivity index (χ0v) is 42.3. The van der Waals surface area contributed by atoms with Gasteiger partial charge < -0.3 is 42.8 Å². The summed E-state index contributed by atoms with van der Waals surface area (Å²) in [6.07, 6.45) is 5.80. The van der Waals surface area contributed by atoms with Crippen molar-refractivity contribution in [3.63, 3.8) is 0 Å². The molecule has 8 heterocycles. The van der Waals surface area contributed by atoms with Crippen molar-refractivity contribution in [1.82, 2.24) is 19.7 Å². The molecule has 0 unspecified atom stereocenters. The maximum absolute atomic E-state index is 16.1. The number of fused-ring (bicyclic) bond motifs is 10. The van der Waals surface area contributed by atoms with E-state index in [0.717, 1.165) is 22.3 Å². The molecule has 12 rings (SSSR count). The van der Waals surface area contributed by atoms with Crippen LogP contribution < -0.4 is 33.2 Å². The molecule has 1 spiro atoms. The maximum atomic E-state index is 16.1. The molecule has 1 aromatic heterocycles. The highest BCUT2D eigenvalue weighted by Gasteiger charge is 2.63. The minimum absolute atomic E-state index is 0.0727. The molecule has 376 valence electrons.